The van der Waals surface area contributed by atoms with E-state index in [0.717, 1.165) is 21.4 Å². The van der Waals surface area contributed by atoms with Crippen molar-refractivity contribution in [2.45, 2.75) is 13.8 Å². The van der Waals surface area contributed by atoms with Gasteiger partial charge >= 0.3 is 0 Å². The second kappa shape index (κ2) is 6.28. The van der Waals surface area contributed by atoms with Gasteiger partial charge in [-0.15, -0.1) is 0 Å². The van der Waals surface area contributed by atoms with E-state index in [9.17, 15) is 9.18 Å². The summed E-state index contributed by atoms with van der Waals surface area (Å²) < 4.78 is 15.2. The van der Waals surface area contributed by atoms with E-state index in [1.165, 1.54) is 7.05 Å². The molecule has 3 rings (SSSR count). The third-order valence-corrected chi connectivity index (χ3v) is 3.96. The molecule has 0 unspecified atom stereocenters. The van der Waals surface area contributed by atoms with Crippen molar-refractivity contribution in [1.82, 2.24) is 9.78 Å². The van der Waals surface area contributed by atoms with Gasteiger partial charge in [0.25, 0.3) is 5.91 Å². The molecule has 24 heavy (non-hydrogen) atoms. The van der Waals surface area contributed by atoms with E-state index in [1.807, 2.05) is 55.5 Å². The first-order chi connectivity index (χ1) is 11.5. The van der Waals surface area contributed by atoms with Crippen molar-refractivity contribution in [3.63, 3.8) is 0 Å². The van der Waals surface area contributed by atoms with Crippen LogP contribution in [0.2, 0.25) is 0 Å². The third kappa shape index (κ3) is 2.80. The molecular weight excluding hydrogens is 305 g/mol. The average Bonchev–Trinajstić information content (AvgIpc) is 2.81. The van der Waals surface area contributed by atoms with Crippen LogP contribution in [0.5, 0.6) is 0 Å². The first-order valence-electron chi connectivity index (χ1n) is 7.64. The van der Waals surface area contributed by atoms with E-state index in [4.69, 9.17) is 0 Å². The van der Waals surface area contributed by atoms with E-state index in [2.05, 4.69) is 10.4 Å². The van der Waals surface area contributed by atoms with Crippen LogP contribution in [0.3, 0.4) is 0 Å². The summed E-state index contributed by atoms with van der Waals surface area (Å²) in [6, 6.07) is 15.4. The number of benzene rings is 2. The highest BCUT2D eigenvalue weighted by Crippen LogP contribution is 2.31. The highest BCUT2D eigenvalue weighted by atomic mass is 19.1. The van der Waals surface area contributed by atoms with E-state index in [-0.39, 0.29) is 5.56 Å². The molecule has 3 aromatic rings. The van der Waals surface area contributed by atoms with E-state index < -0.39 is 11.9 Å². The molecule has 0 bridgehead atoms. The Bertz CT molecular complexity index is 900. The number of nitrogens with one attached hydrogen (secondary N) is 1. The van der Waals surface area contributed by atoms with Crippen LogP contribution in [0.25, 0.3) is 11.1 Å². The molecule has 0 aliphatic rings. The summed E-state index contributed by atoms with van der Waals surface area (Å²) in [5.41, 5.74) is 3.93. The highest BCUT2D eigenvalue weighted by Gasteiger charge is 2.21. The minimum atomic E-state index is -0.640. The van der Waals surface area contributed by atoms with Gasteiger partial charge in [-0.25, -0.2) is 4.68 Å². The van der Waals surface area contributed by atoms with Crippen molar-refractivity contribution in [2.75, 3.05) is 5.32 Å². The maximum atomic E-state index is 14.1. The number of halogens is 1. The predicted molar refractivity (Wildman–Crippen MR) is 92.5 cm³/mol. The third-order valence-electron chi connectivity index (χ3n) is 3.96. The fraction of sp³-hybridized carbons (Fsp3) is 0.158. The molecule has 0 fully saturated rings. The van der Waals surface area contributed by atoms with Crippen molar-refractivity contribution in [1.29, 1.82) is 0 Å². The summed E-state index contributed by atoms with van der Waals surface area (Å²) in [5.74, 6) is -1.14. The first-order valence-corrected chi connectivity index (χ1v) is 7.64. The van der Waals surface area contributed by atoms with Crippen molar-refractivity contribution in [2.24, 2.45) is 7.05 Å². The quantitative estimate of drug-likeness (QED) is 0.789. The Morgan fingerprint density at radius 1 is 1.08 bits per heavy atom. The van der Waals surface area contributed by atoms with E-state index in [0.29, 0.717) is 11.4 Å². The lowest BCUT2D eigenvalue weighted by molar-refractivity contribution is 0.102. The Morgan fingerprint density at radius 3 is 2.42 bits per heavy atom. The molecule has 122 valence electrons. The molecule has 0 saturated carbocycles. The Kier molecular flexibility index (Phi) is 4.16. The van der Waals surface area contributed by atoms with Gasteiger partial charge in [-0.2, -0.15) is 9.49 Å². The number of carbonyl (C=O) groups excluding carboxylic acids is 1. The van der Waals surface area contributed by atoms with Crippen LogP contribution in [-0.2, 0) is 7.05 Å². The SMILES string of the molecule is Cc1cccc(NC(=O)c2c(C)nn(C)c2F)c1-c1ccccc1. The van der Waals surface area contributed by atoms with Crippen LogP contribution in [0.1, 0.15) is 21.6 Å². The smallest absolute Gasteiger partial charge is 0.262 e. The monoisotopic (exact) mass is 323 g/mol. The molecule has 5 heteroatoms. The number of rotatable bonds is 3. The Balaban J connectivity index is 2.02. The molecule has 0 aliphatic carbocycles. The van der Waals surface area contributed by atoms with Gasteiger partial charge in [0, 0.05) is 18.3 Å². The maximum absolute atomic E-state index is 14.1. The number of hydrogen-bond donors (Lipinski definition) is 1. The molecule has 1 aromatic heterocycles. The zero-order valence-corrected chi connectivity index (χ0v) is 13.8. The summed E-state index contributed by atoms with van der Waals surface area (Å²) in [5, 5.41) is 6.78. The van der Waals surface area contributed by atoms with Crippen LogP contribution in [-0.4, -0.2) is 15.7 Å². The lowest BCUT2D eigenvalue weighted by atomic mass is 9.98. The fourth-order valence-corrected chi connectivity index (χ4v) is 2.83. The standard InChI is InChI=1S/C19H18FN3O/c1-12-8-7-11-15(16(12)14-9-5-4-6-10-14)21-19(24)17-13(2)22-23(3)18(17)20/h4-11H,1-3H3,(H,21,24). The van der Waals surface area contributed by atoms with Crippen LogP contribution in [0.15, 0.2) is 48.5 Å². The molecule has 2 aromatic carbocycles. The molecule has 0 atom stereocenters. The number of anilines is 1. The van der Waals surface area contributed by atoms with Gasteiger partial charge in [0.05, 0.1) is 5.69 Å². The molecule has 1 N–H and O–H groups in total. The molecule has 4 nitrogen and oxygen atoms in total. The minimum Gasteiger partial charge on any atom is -0.321 e. The molecule has 0 aliphatic heterocycles. The van der Waals surface area contributed by atoms with Gasteiger partial charge < -0.3 is 5.32 Å². The maximum Gasteiger partial charge on any atom is 0.262 e. The number of amides is 1. The Labute approximate surface area is 139 Å². The highest BCUT2D eigenvalue weighted by molar-refractivity contribution is 6.07. The molecule has 0 saturated heterocycles. The van der Waals surface area contributed by atoms with E-state index in [1.54, 1.807) is 6.92 Å². The average molecular weight is 323 g/mol. The Hall–Kier alpha value is -2.95. The van der Waals surface area contributed by atoms with Crippen molar-refractivity contribution >= 4 is 11.6 Å². The second-order valence-corrected chi connectivity index (χ2v) is 5.69. The lowest BCUT2D eigenvalue weighted by Crippen LogP contribution is -2.15. The second-order valence-electron chi connectivity index (χ2n) is 5.69. The fourth-order valence-electron chi connectivity index (χ4n) is 2.83. The molecule has 0 radical (unpaired) electrons. The predicted octanol–water partition coefficient (Wildman–Crippen LogP) is 4.10. The summed E-state index contributed by atoms with van der Waals surface area (Å²) >= 11 is 0. The number of carbonyl (C=O) groups is 1. The number of aromatic nitrogens is 2. The minimum absolute atomic E-state index is 0.0296. The molecular formula is C19H18FN3O. The van der Waals surface area contributed by atoms with Crippen LogP contribution in [0.4, 0.5) is 10.1 Å². The van der Waals surface area contributed by atoms with Gasteiger partial charge in [-0.1, -0.05) is 42.5 Å². The van der Waals surface area contributed by atoms with Gasteiger partial charge in [-0.05, 0) is 31.0 Å². The normalized spacial score (nSPS) is 10.7. The van der Waals surface area contributed by atoms with E-state index >= 15 is 0 Å². The van der Waals surface area contributed by atoms with Gasteiger partial charge in [0.1, 0.15) is 5.56 Å². The van der Waals surface area contributed by atoms with Gasteiger partial charge in [-0.3, -0.25) is 4.79 Å². The number of nitrogens with zero attached hydrogens (tertiary/aromatic N) is 2. The topological polar surface area (TPSA) is 46.9 Å². The molecule has 0 spiro atoms. The summed E-state index contributed by atoms with van der Waals surface area (Å²) in [6.45, 7) is 3.60. The van der Waals surface area contributed by atoms with Crippen molar-refractivity contribution in [3.8, 4) is 11.1 Å². The first kappa shape index (κ1) is 15.9. The number of hydrogen-bond acceptors (Lipinski definition) is 2. The molecule has 1 amide bonds. The zero-order chi connectivity index (χ0) is 17.3. The van der Waals surface area contributed by atoms with Gasteiger partial charge in [0.15, 0.2) is 0 Å². The summed E-state index contributed by atoms with van der Waals surface area (Å²) in [4.78, 5) is 12.6. The summed E-state index contributed by atoms with van der Waals surface area (Å²) in [6.07, 6.45) is 0. The lowest BCUT2D eigenvalue weighted by Gasteiger charge is -2.14. The van der Waals surface area contributed by atoms with Crippen molar-refractivity contribution in [3.05, 3.63) is 71.3 Å². The number of aryl methyl sites for hydroxylation is 3. The molecule has 1 heterocycles. The Morgan fingerprint density at radius 2 is 1.79 bits per heavy atom. The largest absolute Gasteiger partial charge is 0.321 e. The summed E-state index contributed by atoms with van der Waals surface area (Å²) in [7, 11) is 1.47. The zero-order valence-electron chi connectivity index (χ0n) is 13.8. The van der Waals surface area contributed by atoms with Crippen LogP contribution >= 0.6 is 0 Å². The van der Waals surface area contributed by atoms with Gasteiger partial charge in [0.2, 0.25) is 5.95 Å². The van der Waals surface area contributed by atoms with Crippen LogP contribution in [0, 0.1) is 19.8 Å². The van der Waals surface area contributed by atoms with Crippen molar-refractivity contribution < 1.29 is 9.18 Å². The van der Waals surface area contributed by atoms with Crippen LogP contribution < -0.4 is 5.32 Å².